The quantitative estimate of drug-likeness (QED) is 0.858. The fraction of sp³-hybridized carbons (Fsp3) is 0.308. The molecular formula is C13H15BrN4O. The largest absolute Gasteiger partial charge is 0.352 e. The fourth-order valence-corrected chi connectivity index (χ4v) is 1.93. The molecule has 0 saturated carbocycles. The first kappa shape index (κ1) is 13.7. The number of hydrogen-bond donors (Lipinski definition) is 1. The summed E-state index contributed by atoms with van der Waals surface area (Å²) in [5.74, 6) is -0.0470. The van der Waals surface area contributed by atoms with Crippen LogP contribution >= 0.6 is 15.9 Å². The number of halogens is 1. The number of benzene rings is 1. The van der Waals surface area contributed by atoms with Crippen molar-refractivity contribution in [2.75, 3.05) is 6.54 Å². The van der Waals surface area contributed by atoms with Crippen LogP contribution in [0.3, 0.4) is 0 Å². The van der Waals surface area contributed by atoms with Gasteiger partial charge in [0.2, 0.25) is 0 Å². The van der Waals surface area contributed by atoms with E-state index in [1.165, 1.54) is 0 Å². The zero-order chi connectivity index (χ0) is 13.7. The smallest absolute Gasteiger partial charge is 0.251 e. The van der Waals surface area contributed by atoms with Gasteiger partial charge in [-0.2, -0.15) is 0 Å². The molecule has 0 bridgehead atoms. The van der Waals surface area contributed by atoms with Crippen molar-refractivity contribution in [3.63, 3.8) is 0 Å². The third kappa shape index (κ3) is 3.89. The summed E-state index contributed by atoms with van der Waals surface area (Å²) in [5.41, 5.74) is 1.73. The molecule has 1 heterocycles. The number of nitrogens with zero attached hydrogens (tertiary/aromatic N) is 3. The van der Waals surface area contributed by atoms with Crippen molar-refractivity contribution in [3.8, 4) is 0 Å². The standard InChI is InChI=1S/C13H15BrN4O/c1-10-9-11(3-4-12(10)14)13(19)15-5-2-7-18-8-6-16-17-18/h3-4,6,8-9H,2,5,7H2,1H3,(H,15,19). The van der Waals surface area contributed by atoms with Crippen LogP contribution < -0.4 is 5.32 Å². The van der Waals surface area contributed by atoms with E-state index in [1.54, 1.807) is 17.1 Å². The second kappa shape index (κ2) is 6.47. The van der Waals surface area contributed by atoms with Gasteiger partial charge in [-0.05, 0) is 37.1 Å². The van der Waals surface area contributed by atoms with Gasteiger partial charge >= 0.3 is 0 Å². The Kier molecular flexibility index (Phi) is 4.68. The molecule has 6 heteroatoms. The number of carbonyl (C=O) groups excluding carboxylic acids is 1. The Morgan fingerprint density at radius 2 is 2.32 bits per heavy atom. The normalized spacial score (nSPS) is 10.4. The Bertz CT molecular complexity index is 554. The van der Waals surface area contributed by atoms with Gasteiger partial charge in [0.25, 0.3) is 5.91 Å². The summed E-state index contributed by atoms with van der Waals surface area (Å²) in [6.45, 7) is 3.33. The first-order valence-corrected chi connectivity index (χ1v) is 6.84. The highest BCUT2D eigenvalue weighted by molar-refractivity contribution is 9.10. The molecular weight excluding hydrogens is 308 g/mol. The second-order valence-corrected chi connectivity index (χ2v) is 5.09. The van der Waals surface area contributed by atoms with Crippen LogP contribution in [0, 0.1) is 6.92 Å². The molecule has 1 amide bonds. The molecule has 0 atom stereocenters. The van der Waals surface area contributed by atoms with E-state index < -0.39 is 0 Å². The molecule has 1 aromatic heterocycles. The lowest BCUT2D eigenvalue weighted by Gasteiger charge is -2.06. The van der Waals surface area contributed by atoms with Gasteiger partial charge in [0.15, 0.2) is 0 Å². The van der Waals surface area contributed by atoms with E-state index in [0.29, 0.717) is 12.1 Å². The molecule has 19 heavy (non-hydrogen) atoms. The molecule has 0 fully saturated rings. The summed E-state index contributed by atoms with van der Waals surface area (Å²) in [4.78, 5) is 11.9. The predicted octanol–water partition coefficient (Wildman–Crippen LogP) is 2.17. The first-order valence-electron chi connectivity index (χ1n) is 6.05. The Hall–Kier alpha value is -1.69. The monoisotopic (exact) mass is 322 g/mol. The van der Waals surface area contributed by atoms with Crippen LogP contribution in [-0.4, -0.2) is 27.4 Å². The number of nitrogens with one attached hydrogen (secondary N) is 1. The van der Waals surface area contributed by atoms with E-state index >= 15 is 0 Å². The van der Waals surface area contributed by atoms with E-state index in [9.17, 15) is 4.79 Å². The van der Waals surface area contributed by atoms with Crippen molar-refractivity contribution in [2.45, 2.75) is 19.9 Å². The maximum Gasteiger partial charge on any atom is 0.251 e. The summed E-state index contributed by atoms with van der Waals surface area (Å²) < 4.78 is 2.76. The molecule has 1 aromatic carbocycles. The highest BCUT2D eigenvalue weighted by Crippen LogP contribution is 2.16. The number of aryl methyl sites for hydroxylation is 2. The van der Waals surface area contributed by atoms with Gasteiger partial charge in [0.1, 0.15) is 0 Å². The maximum atomic E-state index is 11.9. The Morgan fingerprint density at radius 3 is 3.00 bits per heavy atom. The van der Waals surface area contributed by atoms with Gasteiger partial charge in [-0.15, -0.1) is 5.10 Å². The minimum atomic E-state index is -0.0470. The van der Waals surface area contributed by atoms with Crippen molar-refractivity contribution >= 4 is 21.8 Å². The van der Waals surface area contributed by atoms with E-state index in [1.807, 2.05) is 25.1 Å². The third-order valence-electron chi connectivity index (χ3n) is 2.74. The predicted molar refractivity (Wildman–Crippen MR) is 75.9 cm³/mol. The molecule has 2 rings (SSSR count). The third-order valence-corrected chi connectivity index (χ3v) is 3.63. The summed E-state index contributed by atoms with van der Waals surface area (Å²) in [6.07, 6.45) is 4.27. The topological polar surface area (TPSA) is 59.8 Å². The van der Waals surface area contributed by atoms with Crippen molar-refractivity contribution < 1.29 is 4.79 Å². The summed E-state index contributed by atoms with van der Waals surface area (Å²) >= 11 is 3.42. The number of rotatable bonds is 5. The van der Waals surface area contributed by atoms with Crippen LogP contribution in [0.5, 0.6) is 0 Å². The van der Waals surface area contributed by atoms with E-state index in [0.717, 1.165) is 23.0 Å². The Balaban J connectivity index is 1.79. The number of amides is 1. The lowest BCUT2D eigenvalue weighted by Crippen LogP contribution is -2.25. The van der Waals surface area contributed by atoms with E-state index in [4.69, 9.17) is 0 Å². The first-order chi connectivity index (χ1) is 9.16. The zero-order valence-corrected chi connectivity index (χ0v) is 12.2. The average Bonchev–Trinajstić information content (AvgIpc) is 2.91. The second-order valence-electron chi connectivity index (χ2n) is 4.24. The highest BCUT2D eigenvalue weighted by Gasteiger charge is 2.06. The summed E-state index contributed by atoms with van der Waals surface area (Å²) in [6, 6.07) is 5.57. The van der Waals surface area contributed by atoms with Crippen molar-refractivity contribution in [1.29, 1.82) is 0 Å². The molecule has 2 aromatic rings. The van der Waals surface area contributed by atoms with E-state index in [-0.39, 0.29) is 5.91 Å². The molecule has 0 aliphatic rings. The molecule has 100 valence electrons. The molecule has 5 nitrogen and oxygen atoms in total. The lowest BCUT2D eigenvalue weighted by molar-refractivity contribution is 0.0952. The average molecular weight is 323 g/mol. The summed E-state index contributed by atoms with van der Waals surface area (Å²) in [5, 5.41) is 10.5. The molecule has 0 aliphatic carbocycles. The van der Waals surface area contributed by atoms with Crippen molar-refractivity contribution in [3.05, 3.63) is 46.2 Å². The van der Waals surface area contributed by atoms with E-state index in [2.05, 4.69) is 31.6 Å². The SMILES string of the molecule is Cc1cc(C(=O)NCCCn2ccnn2)ccc1Br. The summed E-state index contributed by atoms with van der Waals surface area (Å²) in [7, 11) is 0. The minimum absolute atomic E-state index is 0.0470. The van der Waals surface area contributed by atoms with Crippen LogP contribution in [0.25, 0.3) is 0 Å². The van der Waals surface area contributed by atoms with Crippen molar-refractivity contribution in [1.82, 2.24) is 20.3 Å². The van der Waals surface area contributed by atoms with Gasteiger partial charge in [-0.25, -0.2) is 0 Å². The van der Waals surface area contributed by atoms with Crippen LogP contribution in [0.2, 0.25) is 0 Å². The minimum Gasteiger partial charge on any atom is -0.352 e. The van der Waals surface area contributed by atoms with Gasteiger partial charge in [-0.3, -0.25) is 9.48 Å². The van der Waals surface area contributed by atoms with Gasteiger partial charge in [-0.1, -0.05) is 21.1 Å². The van der Waals surface area contributed by atoms with Gasteiger partial charge in [0.05, 0.1) is 6.20 Å². The Labute approximate surface area is 120 Å². The molecule has 0 unspecified atom stereocenters. The Morgan fingerprint density at radius 1 is 1.47 bits per heavy atom. The van der Waals surface area contributed by atoms with Crippen LogP contribution in [0.15, 0.2) is 35.1 Å². The van der Waals surface area contributed by atoms with Crippen LogP contribution in [-0.2, 0) is 6.54 Å². The van der Waals surface area contributed by atoms with Crippen LogP contribution in [0.1, 0.15) is 22.3 Å². The van der Waals surface area contributed by atoms with Crippen LogP contribution in [0.4, 0.5) is 0 Å². The molecule has 0 spiro atoms. The number of aromatic nitrogens is 3. The fourth-order valence-electron chi connectivity index (χ4n) is 1.68. The number of hydrogen-bond acceptors (Lipinski definition) is 3. The molecule has 1 N–H and O–H groups in total. The van der Waals surface area contributed by atoms with Crippen molar-refractivity contribution in [2.24, 2.45) is 0 Å². The lowest BCUT2D eigenvalue weighted by atomic mass is 10.1. The molecule has 0 saturated heterocycles. The highest BCUT2D eigenvalue weighted by atomic mass is 79.9. The molecule has 0 radical (unpaired) electrons. The zero-order valence-electron chi connectivity index (χ0n) is 10.6. The molecule has 0 aliphatic heterocycles. The van der Waals surface area contributed by atoms with Gasteiger partial charge in [0, 0.05) is 29.3 Å². The number of carbonyl (C=O) groups is 1. The maximum absolute atomic E-state index is 11.9. The van der Waals surface area contributed by atoms with Gasteiger partial charge < -0.3 is 5.32 Å².